The van der Waals surface area contributed by atoms with Crippen molar-refractivity contribution in [1.29, 1.82) is 0 Å². The van der Waals surface area contributed by atoms with Gasteiger partial charge in [-0.2, -0.15) is 0 Å². The first-order valence-electron chi connectivity index (χ1n) is 27.7. The summed E-state index contributed by atoms with van der Waals surface area (Å²) in [6, 6.07) is 17.2. The Morgan fingerprint density at radius 2 is 1.60 bits per heavy atom. The minimum atomic E-state index is -2.44. The molecule has 2 fully saturated rings. The number of hydrogen-bond acceptors (Lipinski definition) is 21. The number of nitrogens with zero attached hydrogens (tertiary/aromatic N) is 2. The first kappa shape index (κ1) is 62.1. The lowest BCUT2D eigenvalue weighted by Gasteiger charge is -2.41. The number of carboxylic acid groups (broad SMARTS) is 1. The number of amides is 3. The van der Waals surface area contributed by atoms with Crippen LogP contribution in [0.2, 0.25) is 0 Å². The number of furan rings is 1. The van der Waals surface area contributed by atoms with Crippen LogP contribution in [0, 0.1) is 0 Å². The molecule has 3 amide bonds. The molecule has 458 valence electrons. The lowest BCUT2D eigenvalue weighted by atomic mass is 9.72. The van der Waals surface area contributed by atoms with Gasteiger partial charge in [0.2, 0.25) is 17.5 Å². The molecule has 87 heavy (non-hydrogen) atoms. The number of phenolic OH excluding ortho intramolecular Hbond substituents is 2. The van der Waals surface area contributed by atoms with Crippen molar-refractivity contribution in [1.82, 2.24) is 20.1 Å². The number of rotatable bonds is 19. The molecule has 9 N–H and O–H groups in total. The number of hydrogen-bond donors (Lipinski definition) is 7. The van der Waals surface area contributed by atoms with E-state index < -0.39 is 126 Å². The fourth-order valence-electron chi connectivity index (χ4n) is 11.3. The van der Waals surface area contributed by atoms with Gasteiger partial charge in [0.25, 0.3) is 17.6 Å². The normalized spacial score (nSPS) is 20.4. The van der Waals surface area contributed by atoms with Crippen molar-refractivity contribution in [3.63, 3.8) is 0 Å². The van der Waals surface area contributed by atoms with Crippen LogP contribution in [0.25, 0.3) is 22.2 Å². The van der Waals surface area contributed by atoms with Gasteiger partial charge < -0.3 is 89.0 Å². The standard InChI is InChI=1S/C60H61N5O19.CH2O2/c1-30-52(69)37(61)25-45(83-30)84-41-27-60(77,26-35-48(41)57(74)50-49(54(35)71)53(70)34-10-5-11-39(78-2)47(34)56(50)73)42(66)29-82-44(68)14-6-13-43(67)62-17-23-80-32-9-4-8-31(24-32)58(75)64-18-20-65(21-19-64)59(76)55(72)36-28-63-51-33(38-12-7-22-81-38)15-16-40(79-3)46(36)51;2-1-3/h4-5,7-12,15-16,22,24,28,30,37,41,45,52,63,69,71,74,77H,6,13-14,17-21,23,25-27,29,61H2,1-3H3,(H,62,67);1H,(H,2,3)/t30-,37?,41-,45-,52+,60-;/m0./s1. The first-order valence-corrected chi connectivity index (χ1v) is 27.7. The summed E-state index contributed by atoms with van der Waals surface area (Å²) in [5.41, 5.74) is 1.48. The fraction of sp³-hybridized carbons (Fsp3) is 0.361. The third-order valence-corrected chi connectivity index (χ3v) is 15.8. The molecule has 4 aliphatic rings. The number of phenols is 2. The van der Waals surface area contributed by atoms with Gasteiger partial charge in [-0.15, -0.1) is 0 Å². The Kier molecular flexibility index (Phi) is 18.9. The maximum atomic E-state index is 14.1. The number of esters is 1. The summed E-state index contributed by atoms with van der Waals surface area (Å²) in [6.45, 7) is 0.828. The van der Waals surface area contributed by atoms with Crippen molar-refractivity contribution in [2.75, 3.05) is 60.2 Å². The van der Waals surface area contributed by atoms with Crippen LogP contribution in [0.4, 0.5) is 0 Å². The molecule has 26 nitrogen and oxygen atoms in total. The smallest absolute Gasteiger partial charge is 0.306 e. The fourth-order valence-corrected chi connectivity index (χ4v) is 11.3. The zero-order valence-corrected chi connectivity index (χ0v) is 47.5. The molecule has 10 rings (SSSR count). The maximum Gasteiger partial charge on any atom is 0.306 e. The summed E-state index contributed by atoms with van der Waals surface area (Å²) < 4.78 is 39.7. The minimum absolute atomic E-state index is 0.0190. The van der Waals surface area contributed by atoms with E-state index in [1.165, 1.54) is 49.8 Å². The highest BCUT2D eigenvalue weighted by molar-refractivity contribution is 6.45. The number of aromatic amines is 1. The average Bonchev–Trinajstić information content (AvgIpc) is 1.30. The minimum Gasteiger partial charge on any atom is -0.554 e. The number of carbonyl (C=O) groups is 9. The molecule has 26 heteroatoms. The SMILES string of the molecule is COc1cccc2c1C(=O)c1c(O)c3c(c(O)c1C2=O)C[C@@](O)(C(=O)COC(=O)CCCC(=O)NCCOc1cccc(C(=O)N2CCN(C(=O)C(=O)c4c[nH]c5c(-c6ccco6)ccc(OC)c45)CC2)c1)C[C@@H]3O[C@H]1CC([NH3+])[C@H](O)[C@H](C)O1.O=C[O-]. The monoisotopic (exact) mass is 1200 g/mol. The molecule has 2 aliphatic carbocycles. The molecule has 4 heterocycles. The van der Waals surface area contributed by atoms with Crippen LogP contribution in [0.1, 0.15) is 109 Å². The van der Waals surface area contributed by atoms with Crippen molar-refractivity contribution in [3.05, 3.63) is 124 Å². The zero-order chi connectivity index (χ0) is 62.4. The highest BCUT2D eigenvalue weighted by Crippen LogP contribution is 2.53. The van der Waals surface area contributed by atoms with Crippen LogP contribution >= 0.6 is 0 Å². The Balaban J connectivity index is 0.00000295. The number of H-pyrrole nitrogens is 1. The van der Waals surface area contributed by atoms with E-state index in [0.717, 1.165) is 0 Å². The number of Topliss-reactive ketones (excluding diaryl/α,β-unsaturated/α-hetero) is 2. The third-order valence-electron chi connectivity index (χ3n) is 15.8. The Hall–Kier alpha value is -9.47. The molecule has 6 aromatic rings. The summed E-state index contributed by atoms with van der Waals surface area (Å²) in [5, 5.41) is 57.7. The number of aliphatic hydroxyl groups excluding tert-OH is 1. The number of ketones is 4. The summed E-state index contributed by atoms with van der Waals surface area (Å²) in [6.07, 6.45) is -2.92. The molecule has 2 aliphatic heterocycles. The van der Waals surface area contributed by atoms with Crippen molar-refractivity contribution in [3.8, 4) is 40.1 Å². The van der Waals surface area contributed by atoms with Crippen molar-refractivity contribution >= 4 is 64.2 Å². The summed E-state index contributed by atoms with van der Waals surface area (Å²) in [4.78, 5) is 123. The molecule has 2 aromatic heterocycles. The molecular weight excluding hydrogens is 1140 g/mol. The lowest BCUT2D eigenvalue weighted by Crippen LogP contribution is -2.71. The summed E-state index contributed by atoms with van der Waals surface area (Å²) in [7, 11) is 2.78. The van der Waals surface area contributed by atoms with E-state index in [-0.39, 0.29) is 104 Å². The predicted molar refractivity (Wildman–Crippen MR) is 299 cm³/mol. The van der Waals surface area contributed by atoms with Gasteiger partial charge in [0.15, 0.2) is 18.7 Å². The molecule has 4 aromatic carbocycles. The molecule has 1 unspecified atom stereocenters. The zero-order valence-electron chi connectivity index (χ0n) is 47.5. The van der Waals surface area contributed by atoms with Gasteiger partial charge in [-0.3, -0.25) is 38.4 Å². The van der Waals surface area contributed by atoms with E-state index in [4.69, 9.17) is 42.7 Å². The van der Waals surface area contributed by atoms with Gasteiger partial charge in [0.05, 0.1) is 78.8 Å². The van der Waals surface area contributed by atoms with Gasteiger partial charge in [0.1, 0.15) is 58.9 Å². The number of piperazine rings is 1. The van der Waals surface area contributed by atoms with Crippen LogP contribution < -0.4 is 30.4 Å². The number of methoxy groups -OCH3 is 2. The lowest BCUT2D eigenvalue weighted by molar-refractivity contribution is -0.466. The molecule has 0 saturated carbocycles. The number of benzene rings is 4. The van der Waals surface area contributed by atoms with Crippen molar-refractivity contribution in [2.24, 2.45) is 0 Å². The van der Waals surface area contributed by atoms with E-state index >= 15 is 0 Å². The number of carbonyl (C=O) groups excluding carboxylic acids is 9. The molecular formula is C61H63N5O21. The second-order valence-electron chi connectivity index (χ2n) is 21.1. The Labute approximate surface area is 495 Å². The van der Waals surface area contributed by atoms with E-state index in [1.54, 1.807) is 60.4 Å². The highest BCUT2D eigenvalue weighted by atomic mass is 16.7. The van der Waals surface area contributed by atoms with Gasteiger partial charge in [-0.1, -0.05) is 18.2 Å². The number of ether oxygens (including phenoxy) is 6. The number of nitrogens with one attached hydrogen (secondary N) is 2. The molecule has 0 radical (unpaired) electrons. The topological polar surface area (TPSA) is 388 Å². The number of aliphatic hydroxyl groups is 2. The third kappa shape index (κ3) is 12.6. The van der Waals surface area contributed by atoms with E-state index in [1.807, 2.05) is 0 Å². The summed E-state index contributed by atoms with van der Waals surface area (Å²) >= 11 is 0. The Morgan fingerprint density at radius 3 is 2.30 bits per heavy atom. The number of quaternary nitrogens is 1. The first-order chi connectivity index (χ1) is 41.7. The van der Waals surface area contributed by atoms with Crippen molar-refractivity contribution < 1.29 is 107 Å². The van der Waals surface area contributed by atoms with Crippen LogP contribution in [0.3, 0.4) is 0 Å². The Morgan fingerprint density at radius 1 is 0.885 bits per heavy atom. The quantitative estimate of drug-likeness (QED) is 0.0151. The largest absolute Gasteiger partial charge is 0.554 e. The highest BCUT2D eigenvalue weighted by Gasteiger charge is 2.51. The van der Waals surface area contributed by atoms with E-state index in [2.05, 4.69) is 16.0 Å². The van der Waals surface area contributed by atoms with Crippen LogP contribution in [0.5, 0.6) is 28.7 Å². The summed E-state index contributed by atoms with van der Waals surface area (Å²) in [5.74, 6) is -5.84. The van der Waals surface area contributed by atoms with E-state index in [9.17, 15) is 58.8 Å². The maximum absolute atomic E-state index is 14.1. The van der Waals surface area contributed by atoms with Gasteiger partial charge in [-0.25, -0.2) is 0 Å². The van der Waals surface area contributed by atoms with Crippen LogP contribution in [-0.2, 0) is 44.6 Å². The van der Waals surface area contributed by atoms with Crippen LogP contribution in [0.15, 0.2) is 83.6 Å². The van der Waals surface area contributed by atoms with E-state index in [0.29, 0.717) is 39.3 Å². The number of aromatic hydroxyl groups is 2. The molecule has 6 atom stereocenters. The van der Waals surface area contributed by atoms with Crippen molar-refractivity contribution in [2.45, 2.75) is 81.7 Å². The average molecular weight is 1200 g/mol. The second kappa shape index (κ2) is 26.4. The molecule has 0 bridgehead atoms. The Bertz CT molecular complexity index is 3650. The second-order valence-corrected chi connectivity index (χ2v) is 21.1. The van der Waals surface area contributed by atoms with Gasteiger partial charge in [0, 0.05) is 92.3 Å². The van der Waals surface area contributed by atoms with Crippen LogP contribution in [-0.4, -0.2) is 179 Å². The van der Waals surface area contributed by atoms with Gasteiger partial charge in [-0.05, 0) is 61.9 Å². The number of fused-ring (bicyclic) bond motifs is 4. The number of aromatic nitrogens is 1. The molecule has 0 spiro atoms. The van der Waals surface area contributed by atoms with Gasteiger partial charge >= 0.3 is 5.97 Å². The predicted octanol–water partition coefficient (Wildman–Crippen LogP) is 1.48. The molecule has 2 saturated heterocycles.